The summed E-state index contributed by atoms with van der Waals surface area (Å²) in [6.45, 7) is 6.18. The van der Waals surface area contributed by atoms with Crippen molar-refractivity contribution in [2.24, 2.45) is 5.92 Å². The van der Waals surface area contributed by atoms with Crippen LogP contribution in [-0.2, 0) is 11.3 Å². The summed E-state index contributed by atoms with van der Waals surface area (Å²) in [6.07, 6.45) is 4.87. The van der Waals surface area contributed by atoms with Gasteiger partial charge in [-0.1, -0.05) is 18.2 Å². The van der Waals surface area contributed by atoms with Crippen LogP contribution in [0, 0.1) is 5.92 Å². The Kier molecular flexibility index (Phi) is 4.84. The Morgan fingerprint density at radius 2 is 1.96 bits per heavy atom. The minimum absolute atomic E-state index is 0.110. The summed E-state index contributed by atoms with van der Waals surface area (Å²) in [5.74, 6) is 0.715. The second-order valence-corrected chi connectivity index (χ2v) is 7.60. The van der Waals surface area contributed by atoms with E-state index in [0.29, 0.717) is 24.5 Å². The monoisotopic (exact) mass is 343 g/mol. The molecule has 4 rings (SSSR count). The van der Waals surface area contributed by atoms with Crippen LogP contribution in [0.2, 0.25) is 0 Å². The minimum atomic E-state index is 0.110. The van der Waals surface area contributed by atoms with Gasteiger partial charge in [0.05, 0.1) is 13.2 Å². The zero-order valence-corrected chi connectivity index (χ0v) is 15.1. The van der Waals surface area contributed by atoms with Gasteiger partial charge in [0, 0.05) is 37.4 Å². The largest absolute Gasteiger partial charge is 0.378 e. The number of benzene rings is 1. The van der Waals surface area contributed by atoms with Crippen LogP contribution in [-0.4, -0.2) is 49.3 Å². The van der Waals surface area contributed by atoms with Gasteiger partial charge in [-0.2, -0.15) is 0 Å². The molecule has 3 aliphatic rings. The number of ether oxygens (including phenoxy) is 1. The van der Waals surface area contributed by atoms with Crippen molar-refractivity contribution in [1.82, 2.24) is 10.2 Å². The third-order valence-electron chi connectivity index (χ3n) is 5.69. The fourth-order valence-electron chi connectivity index (χ4n) is 3.88. The van der Waals surface area contributed by atoms with Crippen molar-refractivity contribution in [1.29, 1.82) is 0 Å². The van der Waals surface area contributed by atoms with E-state index in [9.17, 15) is 4.79 Å². The van der Waals surface area contributed by atoms with E-state index in [4.69, 9.17) is 4.74 Å². The van der Waals surface area contributed by atoms with Crippen molar-refractivity contribution in [3.63, 3.8) is 0 Å². The molecule has 1 aromatic carbocycles. The van der Waals surface area contributed by atoms with Crippen LogP contribution in [0.5, 0.6) is 0 Å². The van der Waals surface area contributed by atoms with E-state index in [-0.39, 0.29) is 6.03 Å². The number of morpholine rings is 1. The van der Waals surface area contributed by atoms with Crippen LogP contribution in [0.4, 0.5) is 10.5 Å². The Labute approximate surface area is 150 Å². The van der Waals surface area contributed by atoms with Gasteiger partial charge in [-0.05, 0) is 50.2 Å². The summed E-state index contributed by atoms with van der Waals surface area (Å²) in [4.78, 5) is 17.3. The predicted molar refractivity (Wildman–Crippen MR) is 98.8 cm³/mol. The molecule has 0 aromatic heterocycles. The number of urea groups is 1. The Morgan fingerprint density at radius 3 is 2.64 bits per heavy atom. The van der Waals surface area contributed by atoms with E-state index in [1.807, 2.05) is 0 Å². The van der Waals surface area contributed by atoms with Crippen molar-refractivity contribution in [2.45, 2.75) is 51.2 Å². The topological polar surface area (TPSA) is 44.8 Å². The van der Waals surface area contributed by atoms with Gasteiger partial charge in [-0.15, -0.1) is 0 Å². The fraction of sp³-hybridized carbons (Fsp3) is 0.650. The number of carbonyl (C=O) groups is 1. The van der Waals surface area contributed by atoms with E-state index in [1.165, 1.54) is 24.1 Å². The summed E-state index contributed by atoms with van der Waals surface area (Å²) >= 11 is 0. The SMILES string of the molecule is C[C@H](C1CC1)N(C(=O)NCc1ccccc1N1CCOCC1)C1CC1. The van der Waals surface area contributed by atoms with Gasteiger partial charge in [0.15, 0.2) is 0 Å². The molecule has 5 heteroatoms. The molecule has 1 aromatic rings. The van der Waals surface area contributed by atoms with Crippen LogP contribution in [0.25, 0.3) is 0 Å². The summed E-state index contributed by atoms with van der Waals surface area (Å²) in [7, 11) is 0. The molecular formula is C20H29N3O2. The molecule has 1 atom stereocenters. The molecule has 5 nitrogen and oxygen atoms in total. The maximum absolute atomic E-state index is 12.8. The smallest absolute Gasteiger partial charge is 0.318 e. The Bertz CT molecular complexity index is 607. The molecule has 3 fully saturated rings. The quantitative estimate of drug-likeness (QED) is 0.864. The number of nitrogens with zero attached hydrogens (tertiary/aromatic N) is 2. The summed E-state index contributed by atoms with van der Waals surface area (Å²) in [6, 6.07) is 9.35. The highest BCUT2D eigenvalue weighted by molar-refractivity contribution is 5.75. The van der Waals surface area contributed by atoms with Gasteiger partial charge >= 0.3 is 6.03 Å². The highest BCUT2D eigenvalue weighted by Crippen LogP contribution is 2.39. The highest BCUT2D eigenvalue weighted by atomic mass is 16.5. The summed E-state index contributed by atoms with van der Waals surface area (Å²) in [5.41, 5.74) is 2.41. The number of hydrogen-bond acceptors (Lipinski definition) is 3. The Balaban J connectivity index is 1.41. The zero-order valence-electron chi connectivity index (χ0n) is 15.1. The highest BCUT2D eigenvalue weighted by Gasteiger charge is 2.41. The van der Waals surface area contributed by atoms with Gasteiger partial charge in [-0.25, -0.2) is 4.79 Å². The lowest BCUT2D eigenvalue weighted by molar-refractivity contribution is 0.122. The minimum Gasteiger partial charge on any atom is -0.378 e. The molecule has 2 aliphatic carbocycles. The molecule has 0 radical (unpaired) electrons. The summed E-state index contributed by atoms with van der Waals surface area (Å²) < 4.78 is 5.46. The number of hydrogen-bond donors (Lipinski definition) is 1. The van der Waals surface area contributed by atoms with Gasteiger partial charge in [0.2, 0.25) is 0 Å². The number of amides is 2. The first kappa shape index (κ1) is 16.7. The number of nitrogens with one attached hydrogen (secondary N) is 1. The second kappa shape index (κ2) is 7.24. The molecule has 136 valence electrons. The average molecular weight is 343 g/mol. The molecule has 1 saturated heterocycles. The maximum Gasteiger partial charge on any atom is 0.318 e. The van der Waals surface area contributed by atoms with Crippen LogP contribution in [0.15, 0.2) is 24.3 Å². The zero-order chi connectivity index (χ0) is 17.2. The number of anilines is 1. The van der Waals surface area contributed by atoms with Crippen molar-refractivity contribution < 1.29 is 9.53 Å². The first-order chi connectivity index (χ1) is 12.2. The third kappa shape index (κ3) is 3.92. The van der Waals surface area contributed by atoms with E-state index in [1.54, 1.807) is 0 Å². The van der Waals surface area contributed by atoms with Crippen LogP contribution in [0.1, 0.15) is 38.2 Å². The Morgan fingerprint density at radius 1 is 1.24 bits per heavy atom. The summed E-state index contributed by atoms with van der Waals surface area (Å²) in [5, 5.41) is 3.19. The second-order valence-electron chi connectivity index (χ2n) is 7.60. The molecule has 1 N–H and O–H groups in total. The molecule has 25 heavy (non-hydrogen) atoms. The van der Waals surface area contributed by atoms with E-state index < -0.39 is 0 Å². The maximum atomic E-state index is 12.8. The van der Waals surface area contributed by atoms with Gasteiger partial charge in [-0.3, -0.25) is 0 Å². The van der Waals surface area contributed by atoms with E-state index in [0.717, 1.165) is 39.1 Å². The van der Waals surface area contributed by atoms with Crippen molar-refractivity contribution in [2.75, 3.05) is 31.2 Å². The molecule has 0 unspecified atom stereocenters. The van der Waals surface area contributed by atoms with Crippen LogP contribution in [0.3, 0.4) is 0 Å². The molecule has 1 aliphatic heterocycles. The molecule has 0 spiro atoms. The first-order valence-electron chi connectivity index (χ1n) is 9.71. The predicted octanol–water partition coefficient (Wildman–Crippen LogP) is 3.00. The van der Waals surface area contributed by atoms with Crippen LogP contribution < -0.4 is 10.2 Å². The lowest BCUT2D eigenvalue weighted by atomic mass is 10.1. The van der Waals surface area contributed by atoms with Crippen molar-refractivity contribution in [3.8, 4) is 0 Å². The molecule has 2 saturated carbocycles. The Hall–Kier alpha value is -1.75. The number of rotatable bonds is 6. The van der Waals surface area contributed by atoms with Gasteiger partial charge in [0.1, 0.15) is 0 Å². The lowest BCUT2D eigenvalue weighted by Gasteiger charge is -2.32. The first-order valence-corrected chi connectivity index (χ1v) is 9.71. The van der Waals surface area contributed by atoms with Crippen LogP contribution >= 0.6 is 0 Å². The van der Waals surface area contributed by atoms with Crippen molar-refractivity contribution in [3.05, 3.63) is 29.8 Å². The lowest BCUT2D eigenvalue weighted by Crippen LogP contribution is -2.47. The molecule has 1 heterocycles. The third-order valence-corrected chi connectivity index (χ3v) is 5.69. The molecular weight excluding hydrogens is 314 g/mol. The standard InChI is InChI=1S/C20H29N3O2/c1-15(16-6-7-16)23(18-8-9-18)20(24)21-14-17-4-2-3-5-19(17)22-10-12-25-13-11-22/h2-5,15-16,18H,6-14H2,1H3,(H,21,24)/t15-/m1/s1. The van der Waals surface area contributed by atoms with Crippen molar-refractivity contribution >= 4 is 11.7 Å². The van der Waals surface area contributed by atoms with Gasteiger partial charge in [0.25, 0.3) is 0 Å². The normalized spacial score (nSPS) is 21.7. The van der Waals surface area contributed by atoms with E-state index >= 15 is 0 Å². The van der Waals surface area contributed by atoms with Gasteiger partial charge < -0.3 is 19.9 Å². The fourth-order valence-corrected chi connectivity index (χ4v) is 3.88. The number of para-hydroxylation sites is 1. The average Bonchev–Trinajstić information content (AvgIpc) is 3.54. The molecule has 2 amide bonds. The molecule has 0 bridgehead atoms. The number of carbonyl (C=O) groups excluding carboxylic acids is 1. The van der Waals surface area contributed by atoms with E-state index in [2.05, 4.69) is 46.3 Å².